The number of nitrogens with one attached hydrogen (secondary N) is 2. The third-order valence-electron chi connectivity index (χ3n) is 2.50. The highest BCUT2D eigenvalue weighted by molar-refractivity contribution is 5.33. The molecule has 18 heavy (non-hydrogen) atoms. The van der Waals surface area contributed by atoms with Crippen molar-refractivity contribution in [2.24, 2.45) is 0 Å². The molecule has 0 aliphatic rings. The SMILES string of the molecule is FC(F)Oc1ccccc1CNCc1cc[nH]c1. The number of benzene rings is 1. The molecule has 0 unspecified atom stereocenters. The zero-order valence-electron chi connectivity index (χ0n) is 9.70. The summed E-state index contributed by atoms with van der Waals surface area (Å²) >= 11 is 0. The molecule has 1 aromatic carbocycles. The van der Waals surface area contributed by atoms with Gasteiger partial charge in [0.15, 0.2) is 0 Å². The van der Waals surface area contributed by atoms with Crippen molar-refractivity contribution < 1.29 is 13.5 Å². The molecule has 96 valence electrons. The Morgan fingerprint density at radius 2 is 2.00 bits per heavy atom. The van der Waals surface area contributed by atoms with Crippen LogP contribution in [0.15, 0.2) is 42.7 Å². The minimum absolute atomic E-state index is 0.217. The summed E-state index contributed by atoms with van der Waals surface area (Å²) in [5.74, 6) is 0.217. The molecule has 3 nitrogen and oxygen atoms in total. The molecule has 1 heterocycles. The van der Waals surface area contributed by atoms with E-state index in [1.54, 1.807) is 24.3 Å². The van der Waals surface area contributed by atoms with Gasteiger partial charge < -0.3 is 15.0 Å². The van der Waals surface area contributed by atoms with Gasteiger partial charge in [0.25, 0.3) is 0 Å². The number of aromatic nitrogens is 1. The number of alkyl halides is 2. The predicted octanol–water partition coefficient (Wildman–Crippen LogP) is 2.91. The Morgan fingerprint density at radius 1 is 1.17 bits per heavy atom. The van der Waals surface area contributed by atoms with Crippen molar-refractivity contribution in [2.75, 3.05) is 0 Å². The highest BCUT2D eigenvalue weighted by Crippen LogP contribution is 2.19. The maximum Gasteiger partial charge on any atom is 0.387 e. The van der Waals surface area contributed by atoms with Gasteiger partial charge in [0.1, 0.15) is 5.75 Å². The van der Waals surface area contributed by atoms with Gasteiger partial charge in [0, 0.05) is 31.0 Å². The molecule has 0 fully saturated rings. The Morgan fingerprint density at radius 3 is 2.72 bits per heavy atom. The molecular formula is C13H14F2N2O. The smallest absolute Gasteiger partial charge is 0.387 e. The minimum Gasteiger partial charge on any atom is -0.434 e. The summed E-state index contributed by atoms with van der Waals surface area (Å²) in [5, 5.41) is 3.17. The van der Waals surface area contributed by atoms with Crippen molar-refractivity contribution in [1.29, 1.82) is 0 Å². The first-order valence-corrected chi connectivity index (χ1v) is 5.61. The fourth-order valence-corrected chi connectivity index (χ4v) is 1.67. The summed E-state index contributed by atoms with van der Waals surface area (Å²) in [5.41, 5.74) is 1.83. The molecule has 2 N–H and O–H groups in total. The summed E-state index contributed by atoms with van der Waals surface area (Å²) < 4.78 is 28.9. The van der Waals surface area contributed by atoms with Gasteiger partial charge in [-0.15, -0.1) is 0 Å². The maximum atomic E-state index is 12.2. The van der Waals surface area contributed by atoms with E-state index in [1.165, 1.54) is 0 Å². The fraction of sp³-hybridized carbons (Fsp3) is 0.231. The van der Waals surface area contributed by atoms with Crippen LogP contribution in [0.2, 0.25) is 0 Å². The standard InChI is InChI=1S/C13H14F2N2O/c14-13(15)18-12-4-2-1-3-11(12)9-17-8-10-5-6-16-7-10/h1-7,13,16-17H,8-9H2. The van der Waals surface area contributed by atoms with E-state index in [9.17, 15) is 8.78 Å². The Hall–Kier alpha value is -1.88. The lowest BCUT2D eigenvalue weighted by molar-refractivity contribution is -0.0505. The van der Waals surface area contributed by atoms with E-state index in [-0.39, 0.29) is 5.75 Å². The van der Waals surface area contributed by atoms with E-state index < -0.39 is 6.61 Å². The molecule has 0 radical (unpaired) electrons. The van der Waals surface area contributed by atoms with E-state index in [0.29, 0.717) is 18.7 Å². The van der Waals surface area contributed by atoms with Crippen LogP contribution < -0.4 is 10.1 Å². The molecule has 2 rings (SSSR count). The fourth-order valence-electron chi connectivity index (χ4n) is 1.67. The molecule has 0 saturated heterocycles. The van der Waals surface area contributed by atoms with Crippen LogP contribution in [0.4, 0.5) is 8.78 Å². The second-order valence-corrected chi connectivity index (χ2v) is 3.81. The zero-order valence-corrected chi connectivity index (χ0v) is 9.70. The average molecular weight is 252 g/mol. The van der Waals surface area contributed by atoms with Gasteiger partial charge in [-0.2, -0.15) is 8.78 Å². The molecule has 0 spiro atoms. The molecule has 0 atom stereocenters. The van der Waals surface area contributed by atoms with Gasteiger partial charge in [0.05, 0.1) is 0 Å². The van der Waals surface area contributed by atoms with E-state index >= 15 is 0 Å². The first-order chi connectivity index (χ1) is 8.75. The molecular weight excluding hydrogens is 238 g/mol. The number of aromatic amines is 1. The molecule has 0 aliphatic heterocycles. The van der Waals surface area contributed by atoms with Crippen molar-refractivity contribution in [2.45, 2.75) is 19.7 Å². The Bertz CT molecular complexity index is 472. The van der Waals surface area contributed by atoms with E-state index in [4.69, 9.17) is 0 Å². The summed E-state index contributed by atoms with van der Waals surface area (Å²) in [6.07, 6.45) is 3.72. The zero-order chi connectivity index (χ0) is 12.8. The summed E-state index contributed by atoms with van der Waals surface area (Å²) in [7, 11) is 0. The third kappa shape index (κ3) is 3.56. The number of rotatable bonds is 6. The highest BCUT2D eigenvalue weighted by Gasteiger charge is 2.08. The van der Waals surface area contributed by atoms with E-state index in [1.807, 2.05) is 18.5 Å². The van der Waals surface area contributed by atoms with Gasteiger partial charge in [-0.1, -0.05) is 18.2 Å². The molecule has 0 bridgehead atoms. The summed E-state index contributed by atoms with van der Waals surface area (Å²) in [4.78, 5) is 2.95. The van der Waals surface area contributed by atoms with Crippen LogP contribution in [-0.2, 0) is 13.1 Å². The normalized spacial score (nSPS) is 10.8. The Kier molecular flexibility index (Phi) is 4.30. The van der Waals surface area contributed by atoms with Crippen LogP contribution in [0.1, 0.15) is 11.1 Å². The van der Waals surface area contributed by atoms with Crippen LogP contribution in [0.3, 0.4) is 0 Å². The maximum absolute atomic E-state index is 12.2. The lowest BCUT2D eigenvalue weighted by atomic mass is 10.2. The van der Waals surface area contributed by atoms with Crippen molar-refractivity contribution in [3.8, 4) is 5.75 Å². The number of ether oxygens (including phenoxy) is 1. The largest absolute Gasteiger partial charge is 0.434 e. The molecule has 0 aliphatic carbocycles. The average Bonchev–Trinajstić information content (AvgIpc) is 2.84. The first kappa shape index (κ1) is 12.6. The topological polar surface area (TPSA) is 37.0 Å². The summed E-state index contributed by atoms with van der Waals surface area (Å²) in [6.45, 7) is -1.64. The van der Waals surface area contributed by atoms with Crippen molar-refractivity contribution >= 4 is 0 Å². The minimum atomic E-state index is -2.80. The van der Waals surface area contributed by atoms with Crippen LogP contribution in [0, 0.1) is 0 Å². The van der Waals surface area contributed by atoms with Crippen molar-refractivity contribution in [1.82, 2.24) is 10.3 Å². The second-order valence-electron chi connectivity index (χ2n) is 3.81. The van der Waals surface area contributed by atoms with Gasteiger partial charge in [0.2, 0.25) is 0 Å². The van der Waals surface area contributed by atoms with Crippen LogP contribution in [0.25, 0.3) is 0 Å². The molecule has 2 aromatic rings. The first-order valence-electron chi connectivity index (χ1n) is 5.61. The van der Waals surface area contributed by atoms with Crippen LogP contribution in [-0.4, -0.2) is 11.6 Å². The van der Waals surface area contributed by atoms with Crippen molar-refractivity contribution in [3.05, 3.63) is 53.9 Å². The number of para-hydroxylation sites is 1. The van der Waals surface area contributed by atoms with E-state index in [0.717, 1.165) is 5.56 Å². The van der Waals surface area contributed by atoms with Crippen LogP contribution in [0.5, 0.6) is 5.75 Å². The predicted molar refractivity (Wildman–Crippen MR) is 64.4 cm³/mol. The lowest BCUT2D eigenvalue weighted by Crippen LogP contribution is -2.14. The van der Waals surface area contributed by atoms with E-state index in [2.05, 4.69) is 15.0 Å². The van der Waals surface area contributed by atoms with Gasteiger partial charge in [-0.25, -0.2) is 0 Å². The molecule has 5 heteroatoms. The number of halogens is 2. The molecule has 0 amide bonds. The third-order valence-corrected chi connectivity index (χ3v) is 2.50. The molecule has 1 aromatic heterocycles. The summed E-state index contributed by atoms with van der Waals surface area (Å²) in [6, 6.07) is 8.73. The second kappa shape index (κ2) is 6.16. The Labute approximate surface area is 104 Å². The van der Waals surface area contributed by atoms with Crippen LogP contribution >= 0.6 is 0 Å². The lowest BCUT2D eigenvalue weighted by Gasteiger charge is -2.10. The van der Waals surface area contributed by atoms with Gasteiger partial charge >= 0.3 is 6.61 Å². The number of H-pyrrole nitrogens is 1. The highest BCUT2D eigenvalue weighted by atomic mass is 19.3. The monoisotopic (exact) mass is 252 g/mol. The molecule has 0 saturated carbocycles. The number of hydrogen-bond acceptors (Lipinski definition) is 2. The quantitative estimate of drug-likeness (QED) is 0.829. The Balaban J connectivity index is 1.92. The number of hydrogen-bond donors (Lipinski definition) is 2. The van der Waals surface area contributed by atoms with Crippen molar-refractivity contribution in [3.63, 3.8) is 0 Å². The van der Waals surface area contributed by atoms with Gasteiger partial charge in [-0.3, -0.25) is 0 Å². The van der Waals surface area contributed by atoms with Gasteiger partial charge in [-0.05, 0) is 17.7 Å².